The van der Waals surface area contributed by atoms with Crippen molar-refractivity contribution in [3.63, 3.8) is 0 Å². The van der Waals surface area contributed by atoms with E-state index in [9.17, 15) is 5.11 Å². The third-order valence-electron chi connectivity index (χ3n) is 3.36. The maximum atomic E-state index is 10.2. The lowest BCUT2D eigenvalue weighted by atomic mass is 9.98. The van der Waals surface area contributed by atoms with E-state index in [1.165, 1.54) is 24.8 Å². The molecule has 0 aliphatic heterocycles. The summed E-state index contributed by atoms with van der Waals surface area (Å²) in [5.41, 5.74) is 1.43. The molecule has 0 aliphatic carbocycles. The number of aryl methyl sites for hydroxylation is 1. The third-order valence-corrected chi connectivity index (χ3v) is 3.36. The lowest BCUT2D eigenvalue weighted by Gasteiger charge is -2.15. The quantitative estimate of drug-likeness (QED) is 0.595. The number of aliphatic hydroxyl groups is 1. The summed E-state index contributed by atoms with van der Waals surface area (Å²) in [7, 11) is 0. The zero-order valence-corrected chi connectivity index (χ0v) is 12.5. The fourth-order valence-electron chi connectivity index (χ4n) is 1.99. The average Bonchev–Trinajstić information content (AvgIpc) is 2.42. The highest BCUT2D eigenvalue weighted by molar-refractivity contribution is 5.37. The summed E-state index contributed by atoms with van der Waals surface area (Å²) in [6.45, 7) is 6.14. The Hall–Kier alpha value is -1.26. The zero-order valence-electron chi connectivity index (χ0n) is 12.5. The van der Waals surface area contributed by atoms with E-state index in [1.807, 2.05) is 19.1 Å². The summed E-state index contributed by atoms with van der Waals surface area (Å²) >= 11 is 0. The van der Waals surface area contributed by atoms with Crippen molar-refractivity contribution in [2.24, 2.45) is 0 Å². The standard InChI is InChI=1S/C18H26O/c1-4-6-7-8-14-18(3,19)15-13-17-11-9-16(5-2)10-12-17/h9-12,19H,4-8,14H2,1-3H3. The molecule has 1 atom stereocenters. The fourth-order valence-corrected chi connectivity index (χ4v) is 1.99. The van der Waals surface area contributed by atoms with E-state index in [-0.39, 0.29) is 0 Å². The van der Waals surface area contributed by atoms with Crippen LogP contribution in [0, 0.1) is 11.8 Å². The Morgan fingerprint density at radius 1 is 1.05 bits per heavy atom. The minimum Gasteiger partial charge on any atom is -0.378 e. The maximum absolute atomic E-state index is 10.2. The molecular weight excluding hydrogens is 232 g/mol. The second kappa shape index (κ2) is 8.02. The van der Waals surface area contributed by atoms with Gasteiger partial charge >= 0.3 is 0 Å². The van der Waals surface area contributed by atoms with Gasteiger partial charge in [0.1, 0.15) is 5.60 Å². The molecule has 0 heterocycles. The van der Waals surface area contributed by atoms with Gasteiger partial charge in [0, 0.05) is 5.56 Å². The molecule has 1 unspecified atom stereocenters. The summed E-state index contributed by atoms with van der Waals surface area (Å²) in [6, 6.07) is 8.25. The highest BCUT2D eigenvalue weighted by Crippen LogP contribution is 2.14. The predicted molar refractivity (Wildman–Crippen MR) is 82.1 cm³/mol. The van der Waals surface area contributed by atoms with Crippen LogP contribution in [0.4, 0.5) is 0 Å². The van der Waals surface area contributed by atoms with Crippen LogP contribution >= 0.6 is 0 Å². The molecule has 0 aliphatic rings. The lowest BCUT2D eigenvalue weighted by Crippen LogP contribution is -2.21. The van der Waals surface area contributed by atoms with Gasteiger partial charge in [0.2, 0.25) is 0 Å². The molecule has 0 saturated carbocycles. The minimum absolute atomic E-state index is 0.757. The minimum atomic E-state index is -0.864. The molecule has 0 aromatic heterocycles. The van der Waals surface area contributed by atoms with Gasteiger partial charge in [-0.25, -0.2) is 0 Å². The van der Waals surface area contributed by atoms with Crippen molar-refractivity contribution in [3.8, 4) is 11.8 Å². The number of hydrogen-bond acceptors (Lipinski definition) is 1. The highest BCUT2D eigenvalue weighted by Gasteiger charge is 2.15. The van der Waals surface area contributed by atoms with Crippen molar-refractivity contribution in [2.45, 2.75) is 64.9 Å². The van der Waals surface area contributed by atoms with E-state index in [0.29, 0.717) is 0 Å². The predicted octanol–water partition coefficient (Wildman–Crippen LogP) is 4.32. The first-order chi connectivity index (χ1) is 9.07. The molecule has 1 aromatic carbocycles. The topological polar surface area (TPSA) is 20.2 Å². The van der Waals surface area contributed by atoms with Gasteiger partial charge in [-0.1, -0.05) is 57.1 Å². The maximum Gasteiger partial charge on any atom is 0.123 e. The number of hydrogen-bond donors (Lipinski definition) is 1. The van der Waals surface area contributed by atoms with Gasteiger partial charge in [-0.3, -0.25) is 0 Å². The summed E-state index contributed by atoms with van der Waals surface area (Å²) in [5, 5.41) is 10.2. The summed E-state index contributed by atoms with van der Waals surface area (Å²) < 4.78 is 0. The molecule has 1 nitrogen and oxygen atoms in total. The molecule has 0 saturated heterocycles. The smallest absolute Gasteiger partial charge is 0.123 e. The van der Waals surface area contributed by atoms with Crippen LogP contribution in [0.2, 0.25) is 0 Å². The van der Waals surface area contributed by atoms with Gasteiger partial charge in [0.15, 0.2) is 0 Å². The fraction of sp³-hybridized carbons (Fsp3) is 0.556. The molecule has 1 heteroatoms. The Bertz CT molecular complexity index is 417. The highest BCUT2D eigenvalue weighted by atomic mass is 16.3. The number of rotatable bonds is 6. The van der Waals surface area contributed by atoms with E-state index in [4.69, 9.17) is 0 Å². The number of benzene rings is 1. The first kappa shape index (κ1) is 15.8. The Balaban J connectivity index is 2.53. The van der Waals surface area contributed by atoms with Gasteiger partial charge in [0.05, 0.1) is 0 Å². The molecule has 0 radical (unpaired) electrons. The summed E-state index contributed by atoms with van der Waals surface area (Å²) in [6.07, 6.45) is 6.49. The Morgan fingerprint density at radius 3 is 2.32 bits per heavy atom. The molecule has 19 heavy (non-hydrogen) atoms. The van der Waals surface area contributed by atoms with E-state index < -0.39 is 5.60 Å². The van der Waals surface area contributed by atoms with Crippen LogP contribution in [-0.2, 0) is 6.42 Å². The van der Waals surface area contributed by atoms with Crippen molar-refractivity contribution >= 4 is 0 Å². The van der Waals surface area contributed by atoms with Crippen LogP contribution < -0.4 is 0 Å². The monoisotopic (exact) mass is 258 g/mol. The Kier molecular flexibility index (Phi) is 6.67. The molecular formula is C18H26O. The van der Waals surface area contributed by atoms with Crippen molar-refractivity contribution in [1.82, 2.24) is 0 Å². The lowest BCUT2D eigenvalue weighted by molar-refractivity contribution is 0.109. The first-order valence-corrected chi connectivity index (χ1v) is 7.42. The van der Waals surface area contributed by atoms with Crippen LogP contribution in [0.1, 0.15) is 64.0 Å². The SMILES string of the molecule is CCCCCCC(C)(O)C#Cc1ccc(CC)cc1. The van der Waals surface area contributed by atoms with E-state index >= 15 is 0 Å². The molecule has 1 aromatic rings. The van der Waals surface area contributed by atoms with Crippen molar-refractivity contribution in [2.75, 3.05) is 0 Å². The molecule has 1 N–H and O–H groups in total. The van der Waals surface area contributed by atoms with Crippen LogP contribution in [0.25, 0.3) is 0 Å². The second-order valence-corrected chi connectivity index (χ2v) is 5.38. The molecule has 0 spiro atoms. The largest absolute Gasteiger partial charge is 0.378 e. The summed E-state index contributed by atoms with van der Waals surface area (Å²) in [5.74, 6) is 6.07. The van der Waals surface area contributed by atoms with E-state index in [1.54, 1.807) is 0 Å². The second-order valence-electron chi connectivity index (χ2n) is 5.38. The van der Waals surface area contributed by atoms with Gasteiger partial charge in [-0.15, -0.1) is 0 Å². The van der Waals surface area contributed by atoms with Crippen LogP contribution in [-0.4, -0.2) is 10.7 Å². The Morgan fingerprint density at radius 2 is 1.74 bits per heavy atom. The number of unbranched alkanes of at least 4 members (excludes halogenated alkanes) is 3. The van der Waals surface area contributed by atoms with Crippen LogP contribution in [0.15, 0.2) is 24.3 Å². The zero-order chi connectivity index (χ0) is 14.1. The summed E-state index contributed by atoms with van der Waals surface area (Å²) in [4.78, 5) is 0. The first-order valence-electron chi connectivity index (χ1n) is 7.42. The molecule has 104 valence electrons. The normalized spacial score (nSPS) is 13.5. The third kappa shape index (κ3) is 6.45. The van der Waals surface area contributed by atoms with Crippen LogP contribution in [0.3, 0.4) is 0 Å². The average molecular weight is 258 g/mol. The molecule has 0 amide bonds. The van der Waals surface area contributed by atoms with E-state index in [0.717, 1.165) is 24.8 Å². The van der Waals surface area contributed by atoms with Gasteiger partial charge < -0.3 is 5.11 Å². The molecule has 0 bridgehead atoms. The molecule has 1 rings (SSSR count). The Labute approximate surface area is 118 Å². The molecule has 0 fully saturated rings. The van der Waals surface area contributed by atoms with Crippen molar-refractivity contribution in [3.05, 3.63) is 35.4 Å². The van der Waals surface area contributed by atoms with Crippen molar-refractivity contribution in [1.29, 1.82) is 0 Å². The van der Waals surface area contributed by atoms with Gasteiger partial charge in [0.25, 0.3) is 0 Å². The van der Waals surface area contributed by atoms with Gasteiger partial charge in [-0.05, 0) is 43.9 Å². The van der Waals surface area contributed by atoms with Gasteiger partial charge in [-0.2, -0.15) is 0 Å². The van der Waals surface area contributed by atoms with E-state index in [2.05, 4.69) is 37.8 Å². The van der Waals surface area contributed by atoms with Crippen molar-refractivity contribution < 1.29 is 5.11 Å². The van der Waals surface area contributed by atoms with Crippen LogP contribution in [0.5, 0.6) is 0 Å².